The van der Waals surface area contributed by atoms with Crippen LogP contribution in [-0.4, -0.2) is 21.5 Å². The monoisotopic (exact) mass is 367 g/mol. The quantitative estimate of drug-likeness (QED) is 0.827. The lowest BCUT2D eigenvalue weighted by atomic mass is 10.1. The first-order valence-electron chi connectivity index (χ1n) is 8.27. The summed E-state index contributed by atoms with van der Waals surface area (Å²) in [5.74, 6) is 0.109. The van der Waals surface area contributed by atoms with Crippen LogP contribution in [0.15, 0.2) is 24.3 Å². The van der Waals surface area contributed by atoms with Crippen LogP contribution in [0.1, 0.15) is 50.8 Å². The number of carbonyl (C=O) groups is 1. The first-order chi connectivity index (χ1) is 12.0. The zero-order valence-corrected chi connectivity index (χ0v) is 14.7. The number of alkyl halides is 3. The first kappa shape index (κ1) is 18.3. The van der Waals surface area contributed by atoms with Crippen molar-refractivity contribution < 1.29 is 22.7 Å². The molecule has 26 heavy (non-hydrogen) atoms. The van der Waals surface area contributed by atoms with Crippen LogP contribution in [0.25, 0.3) is 11.3 Å². The number of nitrogen functional groups attached to an aromatic ring is 1. The van der Waals surface area contributed by atoms with E-state index in [9.17, 15) is 18.0 Å². The van der Waals surface area contributed by atoms with Gasteiger partial charge >= 0.3 is 12.3 Å². The summed E-state index contributed by atoms with van der Waals surface area (Å²) in [4.78, 5) is 12.5. The SMILES string of the molecule is CC(C)(C)OC(=O)n1nc(-c2ccc(C(F)(F)F)cc2)c(N)c1C1CC1. The van der Waals surface area contributed by atoms with Gasteiger partial charge in [0.05, 0.1) is 16.9 Å². The number of carbonyl (C=O) groups excluding carboxylic acids is 1. The largest absolute Gasteiger partial charge is 0.442 e. The summed E-state index contributed by atoms with van der Waals surface area (Å²) in [5, 5.41) is 4.25. The molecule has 8 heteroatoms. The van der Waals surface area contributed by atoms with Crippen LogP contribution in [-0.2, 0) is 10.9 Å². The van der Waals surface area contributed by atoms with Crippen molar-refractivity contribution in [2.24, 2.45) is 0 Å². The van der Waals surface area contributed by atoms with Crippen LogP contribution < -0.4 is 5.73 Å². The molecule has 0 atom stereocenters. The third kappa shape index (κ3) is 3.68. The van der Waals surface area contributed by atoms with E-state index in [4.69, 9.17) is 10.5 Å². The van der Waals surface area contributed by atoms with E-state index in [0.29, 0.717) is 16.9 Å². The molecule has 1 aromatic carbocycles. The lowest BCUT2D eigenvalue weighted by Crippen LogP contribution is -2.28. The standard InChI is InChI=1S/C18H20F3N3O2/c1-17(2,3)26-16(25)24-15(11-4-5-11)13(22)14(23-24)10-6-8-12(9-7-10)18(19,20)21/h6-9,11H,4-5,22H2,1-3H3. The maximum absolute atomic E-state index is 12.7. The van der Waals surface area contributed by atoms with E-state index in [2.05, 4.69) is 5.10 Å². The van der Waals surface area contributed by atoms with Gasteiger partial charge in [-0.1, -0.05) is 12.1 Å². The molecule has 0 aliphatic heterocycles. The van der Waals surface area contributed by atoms with Crippen LogP contribution in [0.3, 0.4) is 0 Å². The number of benzene rings is 1. The van der Waals surface area contributed by atoms with Crippen molar-refractivity contribution in [2.75, 3.05) is 5.73 Å². The molecule has 1 aliphatic carbocycles. The van der Waals surface area contributed by atoms with Crippen molar-refractivity contribution in [3.8, 4) is 11.3 Å². The second-order valence-corrected chi connectivity index (χ2v) is 7.39. The average molecular weight is 367 g/mol. The van der Waals surface area contributed by atoms with Crippen LogP contribution >= 0.6 is 0 Å². The molecular weight excluding hydrogens is 347 g/mol. The third-order valence-corrected chi connectivity index (χ3v) is 3.98. The minimum atomic E-state index is -4.42. The Balaban J connectivity index is 2.01. The summed E-state index contributed by atoms with van der Waals surface area (Å²) in [6.07, 6.45) is -3.31. The number of nitrogens with two attached hydrogens (primary N) is 1. The average Bonchev–Trinajstić information content (AvgIpc) is 3.28. The topological polar surface area (TPSA) is 70.1 Å². The summed E-state index contributed by atoms with van der Waals surface area (Å²) in [6.45, 7) is 5.22. The summed E-state index contributed by atoms with van der Waals surface area (Å²) in [6, 6.07) is 4.55. The maximum atomic E-state index is 12.7. The third-order valence-electron chi connectivity index (χ3n) is 3.98. The molecule has 2 aromatic rings. The molecule has 0 saturated heterocycles. The molecule has 1 fully saturated rings. The van der Waals surface area contributed by atoms with Gasteiger partial charge in [-0.15, -0.1) is 0 Å². The van der Waals surface area contributed by atoms with Gasteiger partial charge in [0.2, 0.25) is 0 Å². The van der Waals surface area contributed by atoms with Gasteiger partial charge in [0, 0.05) is 11.5 Å². The molecule has 2 N–H and O–H groups in total. The minimum Gasteiger partial charge on any atom is -0.442 e. The maximum Gasteiger partial charge on any atom is 0.435 e. The van der Waals surface area contributed by atoms with Gasteiger partial charge in [0.15, 0.2) is 0 Å². The van der Waals surface area contributed by atoms with E-state index in [1.165, 1.54) is 12.1 Å². The Morgan fingerprint density at radius 1 is 1.19 bits per heavy atom. The van der Waals surface area contributed by atoms with E-state index >= 15 is 0 Å². The molecule has 0 spiro atoms. The van der Waals surface area contributed by atoms with Gasteiger partial charge in [-0.25, -0.2) is 4.79 Å². The molecule has 0 bridgehead atoms. The summed E-state index contributed by atoms with van der Waals surface area (Å²) >= 11 is 0. The number of aromatic nitrogens is 2. The van der Waals surface area contributed by atoms with Crippen molar-refractivity contribution in [3.63, 3.8) is 0 Å². The van der Waals surface area contributed by atoms with Gasteiger partial charge in [0.25, 0.3) is 0 Å². The fourth-order valence-electron chi connectivity index (χ4n) is 2.67. The van der Waals surface area contributed by atoms with E-state index in [1.807, 2.05) is 0 Å². The van der Waals surface area contributed by atoms with E-state index < -0.39 is 23.4 Å². The highest BCUT2D eigenvalue weighted by Gasteiger charge is 2.35. The Morgan fingerprint density at radius 3 is 2.23 bits per heavy atom. The second kappa shape index (κ2) is 6.03. The van der Waals surface area contributed by atoms with Crippen LogP contribution in [0, 0.1) is 0 Å². The van der Waals surface area contributed by atoms with E-state index in [-0.39, 0.29) is 11.6 Å². The van der Waals surface area contributed by atoms with Crippen LogP contribution in [0.2, 0.25) is 0 Å². The minimum absolute atomic E-state index is 0.109. The Kier molecular flexibility index (Phi) is 4.24. The van der Waals surface area contributed by atoms with Gasteiger partial charge in [-0.3, -0.25) is 0 Å². The Morgan fingerprint density at radius 2 is 1.77 bits per heavy atom. The summed E-state index contributed by atoms with van der Waals surface area (Å²) in [5.41, 5.74) is 6.30. The number of halogens is 3. The molecule has 1 aliphatic rings. The Bertz CT molecular complexity index is 829. The Hall–Kier alpha value is -2.51. The van der Waals surface area contributed by atoms with E-state index in [0.717, 1.165) is 29.7 Å². The second-order valence-electron chi connectivity index (χ2n) is 7.39. The molecule has 1 saturated carbocycles. The number of hydrogen-bond acceptors (Lipinski definition) is 4. The van der Waals surface area contributed by atoms with Crippen LogP contribution in [0.5, 0.6) is 0 Å². The fourth-order valence-corrected chi connectivity index (χ4v) is 2.67. The molecule has 3 rings (SSSR count). The number of anilines is 1. The van der Waals surface area contributed by atoms with Gasteiger partial charge in [0.1, 0.15) is 11.3 Å². The van der Waals surface area contributed by atoms with Gasteiger partial charge < -0.3 is 10.5 Å². The molecule has 0 unspecified atom stereocenters. The van der Waals surface area contributed by atoms with Crippen molar-refractivity contribution in [3.05, 3.63) is 35.5 Å². The molecular formula is C18H20F3N3O2. The zero-order chi connectivity index (χ0) is 19.3. The predicted octanol–water partition coefficient (Wildman–Crippen LogP) is 4.81. The number of hydrogen-bond donors (Lipinski definition) is 1. The van der Waals surface area contributed by atoms with E-state index in [1.54, 1.807) is 20.8 Å². The fraction of sp³-hybridized carbons (Fsp3) is 0.444. The van der Waals surface area contributed by atoms with Crippen LogP contribution in [0.4, 0.5) is 23.7 Å². The molecule has 0 amide bonds. The summed E-state index contributed by atoms with van der Waals surface area (Å²) < 4.78 is 44.7. The zero-order valence-electron chi connectivity index (χ0n) is 14.7. The molecule has 5 nitrogen and oxygen atoms in total. The highest BCUT2D eigenvalue weighted by molar-refractivity contribution is 5.81. The Labute approximate surface area is 148 Å². The predicted molar refractivity (Wildman–Crippen MR) is 90.7 cm³/mol. The molecule has 1 heterocycles. The normalized spacial score (nSPS) is 15.2. The van der Waals surface area contributed by atoms with Gasteiger partial charge in [-0.05, 0) is 45.7 Å². The molecule has 140 valence electrons. The molecule has 0 radical (unpaired) electrons. The summed E-state index contributed by atoms with van der Waals surface area (Å²) in [7, 11) is 0. The lowest BCUT2D eigenvalue weighted by molar-refractivity contribution is -0.137. The first-order valence-corrected chi connectivity index (χ1v) is 8.27. The van der Waals surface area contributed by atoms with Crippen molar-refractivity contribution >= 4 is 11.8 Å². The highest BCUT2D eigenvalue weighted by Crippen LogP contribution is 2.45. The van der Waals surface area contributed by atoms with Crippen molar-refractivity contribution in [2.45, 2.75) is 51.3 Å². The van der Waals surface area contributed by atoms with Gasteiger partial charge in [-0.2, -0.15) is 23.0 Å². The number of ether oxygens (including phenoxy) is 1. The lowest BCUT2D eigenvalue weighted by Gasteiger charge is -2.19. The number of nitrogens with zero attached hydrogens (tertiary/aromatic N) is 2. The van der Waals surface area contributed by atoms with Crippen molar-refractivity contribution in [1.82, 2.24) is 9.78 Å². The smallest absolute Gasteiger partial charge is 0.435 e. The highest BCUT2D eigenvalue weighted by atomic mass is 19.4. The van der Waals surface area contributed by atoms with Crippen molar-refractivity contribution in [1.29, 1.82) is 0 Å². The molecule has 1 aromatic heterocycles. The number of rotatable bonds is 2.